The lowest BCUT2D eigenvalue weighted by Crippen LogP contribution is -2.08. The monoisotopic (exact) mass is 505 g/mol. The van der Waals surface area contributed by atoms with Crippen molar-refractivity contribution in [1.29, 1.82) is 0 Å². The van der Waals surface area contributed by atoms with Crippen LogP contribution in [0.25, 0.3) is 22.5 Å². The summed E-state index contributed by atoms with van der Waals surface area (Å²) >= 11 is 0. The van der Waals surface area contributed by atoms with Gasteiger partial charge < -0.3 is 0 Å². The highest BCUT2D eigenvalue weighted by Gasteiger charge is 2.18. The van der Waals surface area contributed by atoms with Gasteiger partial charge in [-0.25, -0.2) is 9.67 Å². The number of unbranched alkanes of at least 4 members (excludes halogenated alkanes) is 3. The zero-order chi connectivity index (χ0) is 26.2. The third-order valence-electron chi connectivity index (χ3n) is 6.57. The summed E-state index contributed by atoms with van der Waals surface area (Å²) < 4.78 is 1.92. The van der Waals surface area contributed by atoms with Crippen molar-refractivity contribution in [1.82, 2.24) is 35.4 Å². The van der Waals surface area contributed by atoms with Crippen molar-refractivity contribution in [2.75, 3.05) is 0 Å². The number of tetrazole rings is 1. The molecule has 0 atom stereocenters. The Kier molecular flexibility index (Phi) is 8.08. The minimum Gasteiger partial charge on any atom is -0.290 e. The van der Waals surface area contributed by atoms with Gasteiger partial charge in [-0.2, -0.15) is 5.21 Å². The summed E-state index contributed by atoms with van der Waals surface area (Å²) in [6, 6.07) is 26.2. The number of rotatable bonds is 12. The van der Waals surface area contributed by atoms with Gasteiger partial charge in [0.15, 0.2) is 0 Å². The second-order valence-electron chi connectivity index (χ2n) is 9.38. The Bertz CT molecular complexity index is 1460. The maximum atomic E-state index is 13.0. The van der Waals surface area contributed by atoms with Crippen LogP contribution in [0.2, 0.25) is 0 Å². The van der Waals surface area contributed by atoms with Gasteiger partial charge in [-0.15, -0.1) is 15.3 Å². The normalized spacial score (nSPS) is 11.1. The number of aromatic nitrogens is 7. The Hall–Kier alpha value is -4.46. The van der Waals surface area contributed by atoms with Crippen LogP contribution in [0.4, 0.5) is 0 Å². The number of nitrogens with zero attached hydrogens (tertiary/aromatic N) is 6. The third kappa shape index (κ3) is 6.08. The summed E-state index contributed by atoms with van der Waals surface area (Å²) in [5, 5.41) is 19.1. The molecule has 2 aromatic heterocycles. The molecule has 0 spiro atoms. The molecule has 8 heteroatoms. The van der Waals surface area contributed by atoms with Crippen molar-refractivity contribution in [3.8, 4) is 22.5 Å². The topological polar surface area (TPSA) is 102 Å². The molecule has 0 bridgehead atoms. The molecule has 3 aromatic carbocycles. The summed E-state index contributed by atoms with van der Waals surface area (Å²) in [6.45, 7) is 2.96. The maximum absolute atomic E-state index is 13.0. The first-order valence-corrected chi connectivity index (χ1v) is 13.1. The molecule has 0 radical (unpaired) electrons. The molecule has 0 aliphatic rings. The van der Waals surface area contributed by atoms with Crippen molar-refractivity contribution in [2.45, 2.75) is 52.0 Å². The molecule has 192 valence electrons. The summed E-state index contributed by atoms with van der Waals surface area (Å²) in [4.78, 5) is 17.7. The van der Waals surface area contributed by atoms with Crippen molar-refractivity contribution in [2.24, 2.45) is 0 Å². The number of benzene rings is 3. The second kappa shape index (κ2) is 12.2. The summed E-state index contributed by atoms with van der Waals surface area (Å²) in [5.74, 6) is 1.62. The van der Waals surface area contributed by atoms with E-state index in [0.29, 0.717) is 24.5 Å². The van der Waals surface area contributed by atoms with E-state index in [9.17, 15) is 4.79 Å². The Morgan fingerprint density at radius 3 is 2.34 bits per heavy atom. The fourth-order valence-corrected chi connectivity index (χ4v) is 4.54. The molecule has 0 unspecified atom stereocenters. The van der Waals surface area contributed by atoms with E-state index in [1.807, 2.05) is 53.2 Å². The number of carbonyl (C=O) groups is 1. The molecule has 5 rings (SSSR count). The van der Waals surface area contributed by atoms with Crippen LogP contribution in [-0.4, -0.2) is 41.2 Å². The van der Waals surface area contributed by atoms with Gasteiger partial charge in [-0.05, 0) is 33.9 Å². The number of aromatic amines is 1. The molecule has 0 aliphatic heterocycles. The number of Topliss-reactive ketones (excluding diaryl/α,β-unsaturated/α-hetero) is 1. The summed E-state index contributed by atoms with van der Waals surface area (Å²) in [6.07, 6.45) is 5.42. The van der Waals surface area contributed by atoms with Crippen LogP contribution in [0, 0.1) is 0 Å². The first kappa shape index (κ1) is 25.2. The van der Waals surface area contributed by atoms with E-state index in [-0.39, 0.29) is 5.78 Å². The zero-order valence-corrected chi connectivity index (χ0v) is 21.5. The van der Waals surface area contributed by atoms with Crippen LogP contribution in [-0.2, 0) is 19.4 Å². The van der Waals surface area contributed by atoms with Crippen molar-refractivity contribution in [3.63, 3.8) is 0 Å². The van der Waals surface area contributed by atoms with Gasteiger partial charge in [0.1, 0.15) is 5.82 Å². The van der Waals surface area contributed by atoms with E-state index in [1.54, 1.807) is 0 Å². The van der Waals surface area contributed by atoms with Crippen molar-refractivity contribution >= 4 is 5.78 Å². The molecule has 5 aromatic rings. The number of ketones is 1. The molecule has 0 amide bonds. The molecule has 0 saturated carbocycles. The number of hydrogen-bond donors (Lipinski definition) is 1. The largest absolute Gasteiger partial charge is 0.290 e. The van der Waals surface area contributed by atoms with Gasteiger partial charge in [-0.1, -0.05) is 105 Å². The molecule has 0 aliphatic carbocycles. The number of aryl methyl sites for hydroxylation is 1. The van der Waals surface area contributed by atoms with E-state index in [4.69, 9.17) is 4.98 Å². The molecule has 1 N–H and O–H groups in total. The van der Waals surface area contributed by atoms with Crippen LogP contribution in [0.15, 0.2) is 78.9 Å². The fraction of sp³-hybridized carbons (Fsp3) is 0.267. The van der Waals surface area contributed by atoms with Gasteiger partial charge in [0.05, 0.1) is 0 Å². The third-order valence-corrected chi connectivity index (χ3v) is 6.57. The van der Waals surface area contributed by atoms with E-state index >= 15 is 0 Å². The quantitative estimate of drug-likeness (QED) is 0.172. The zero-order valence-electron chi connectivity index (χ0n) is 21.5. The highest BCUT2D eigenvalue weighted by molar-refractivity contribution is 5.94. The highest BCUT2D eigenvalue weighted by Crippen LogP contribution is 2.30. The molecular weight excluding hydrogens is 474 g/mol. The first-order chi connectivity index (χ1) is 18.7. The van der Waals surface area contributed by atoms with Crippen LogP contribution in [0.3, 0.4) is 0 Å². The van der Waals surface area contributed by atoms with Crippen molar-refractivity contribution in [3.05, 3.63) is 102 Å². The van der Waals surface area contributed by atoms with Crippen LogP contribution in [0.1, 0.15) is 60.2 Å². The minimum atomic E-state index is -0.0572. The number of H-pyrrole nitrogens is 1. The summed E-state index contributed by atoms with van der Waals surface area (Å²) in [7, 11) is 0. The van der Waals surface area contributed by atoms with E-state index in [2.05, 4.69) is 63.0 Å². The second-order valence-corrected chi connectivity index (χ2v) is 9.38. The Balaban J connectivity index is 1.36. The molecule has 0 saturated heterocycles. The Morgan fingerprint density at radius 2 is 1.61 bits per heavy atom. The van der Waals surface area contributed by atoms with E-state index < -0.39 is 0 Å². The lowest BCUT2D eigenvalue weighted by atomic mass is 9.98. The van der Waals surface area contributed by atoms with Gasteiger partial charge in [0.25, 0.3) is 0 Å². The average Bonchev–Trinajstić information content (AvgIpc) is 3.63. The Labute approximate surface area is 222 Å². The predicted molar refractivity (Wildman–Crippen MR) is 146 cm³/mol. The van der Waals surface area contributed by atoms with Gasteiger partial charge in [-0.3, -0.25) is 4.79 Å². The smallest absolute Gasteiger partial charge is 0.217 e. The molecular formula is C30H31N7O. The average molecular weight is 506 g/mol. The first-order valence-electron chi connectivity index (χ1n) is 13.1. The lowest BCUT2D eigenvalue weighted by Gasteiger charge is -2.09. The molecule has 2 heterocycles. The van der Waals surface area contributed by atoms with Crippen LogP contribution < -0.4 is 0 Å². The molecule has 38 heavy (non-hydrogen) atoms. The predicted octanol–water partition coefficient (Wildman–Crippen LogP) is 5.72. The lowest BCUT2D eigenvalue weighted by molar-refractivity contribution is 0.0982. The fourth-order valence-electron chi connectivity index (χ4n) is 4.54. The standard InChI is InChI=1S/C30H31N7O/c1-2-3-4-10-19-37-28(31-30(34-37)27(38)20-22-11-6-5-7-12-22)21-23-15-17-24(18-16-23)25-13-8-9-14-26(25)29-32-35-36-33-29/h5-9,11-18H,2-4,10,19-21H2,1H3,(H,32,33,35,36). The van der Waals surface area contributed by atoms with Gasteiger partial charge in [0, 0.05) is 24.9 Å². The van der Waals surface area contributed by atoms with Crippen LogP contribution in [0.5, 0.6) is 0 Å². The minimum absolute atomic E-state index is 0.0572. The molecule has 0 fully saturated rings. The maximum Gasteiger partial charge on any atom is 0.217 e. The van der Waals surface area contributed by atoms with Gasteiger partial charge in [0.2, 0.25) is 17.4 Å². The SMILES string of the molecule is CCCCCCn1nc(C(=O)Cc2ccccc2)nc1Cc1ccc(-c2ccccc2-c2nn[nH]n2)cc1. The Morgan fingerprint density at radius 1 is 0.842 bits per heavy atom. The van der Waals surface area contributed by atoms with Crippen LogP contribution >= 0.6 is 0 Å². The highest BCUT2D eigenvalue weighted by atomic mass is 16.1. The summed E-state index contributed by atoms with van der Waals surface area (Å²) in [5.41, 5.74) is 5.09. The van der Waals surface area contributed by atoms with Gasteiger partial charge >= 0.3 is 0 Å². The van der Waals surface area contributed by atoms with E-state index in [0.717, 1.165) is 53.0 Å². The number of carbonyl (C=O) groups excluding carboxylic acids is 1. The number of hydrogen-bond acceptors (Lipinski definition) is 6. The van der Waals surface area contributed by atoms with Crippen molar-refractivity contribution < 1.29 is 4.79 Å². The van der Waals surface area contributed by atoms with E-state index in [1.165, 1.54) is 12.8 Å². The number of nitrogens with one attached hydrogen (secondary N) is 1. The molecule has 8 nitrogen and oxygen atoms in total.